The summed E-state index contributed by atoms with van der Waals surface area (Å²) in [7, 11) is -4.22. The van der Waals surface area contributed by atoms with E-state index in [-0.39, 0.29) is 16.7 Å². The highest BCUT2D eigenvalue weighted by Gasteiger charge is 2.64. The second-order valence-corrected chi connectivity index (χ2v) is 10.8. The number of benzene rings is 3. The lowest BCUT2D eigenvalue weighted by molar-refractivity contribution is -0.124. The number of carbonyl (C=O) groups excluding carboxylic acids is 2. The van der Waals surface area contributed by atoms with E-state index < -0.39 is 34.0 Å². The number of rotatable bonds is 3. The van der Waals surface area contributed by atoms with Crippen LogP contribution in [0.1, 0.15) is 39.7 Å². The third kappa shape index (κ3) is 2.58. The van der Waals surface area contributed by atoms with Gasteiger partial charge in [-0.2, -0.15) is 0 Å². The van der Waals surface area contributed by atoms with Crippen molar-refractivity contribution in [3.05, 3.63) is 113 Å². The lowest BCUT2D eigenvalue weighted by Gasteiger charge is -2.49. The lowest BCUT2D eigenvalue weighted by Crippen LogP contribution is -2.54. The van der Waals surface area contributed by atoms with Gasteiger partial charge in [0, 0.05) is 11.8 Å². The van der Waals surface area contributed by atoms with Gasteiger partial charge in [0.25, 0.3) is 15.9 Å². The zero-order valence-electron chi connectivity index (χ0n) is 18.5. The lowest BCUT2D eigenvalue weighted by atomic mass is 9.59. The highest BCUT2D eigenvalue weighted by molar-refractivity contribution is 7.89. The van der Waals surface area contributed by atoms with Crippen molar-refractivity contribution < 1.29 is 18.0 Å². The van der Waals surface area contributed by atoms with Crippen LogP contribution in [0.2, 0.25) is 0 Å². The van der Waals surface area contributed by atoms with Gasteiger partial charge in [0.2, 0.25) is 0 Å². The van der Waals surface area contributed by atoms with Crippen LogP contribution < -0.4 is 0 Å². The van der Waals surface area contributed by atoms with E-state index in [4.69, 9.17) is 0 Å². The SMILES string of the molecule is C=CC(=O)N1C(=O)N(S(=O)(=O)c2ccc(C)cc2)[C@H]2C3c4ccccc4C(c4ccccc43)[C@H]21. The van der Waals surface area contributed by atoms with E-state index >= 15 is 0 Å². The molecule has 170 valence electrons. The van der Waals surface area contributed by atoms with Crippen molar-refractivity contribution in [3.63, 3.8) is 0 Å². The molecule has 0 N–H and O–H groups in total. The van der Waals surface area contributed by atoms with Crippen molar-refractivity contribution in [2.75, 3.05) is 0 Å². The van der Waals surface area contributed by atoms with E-state index in [1.807, 2.05) is 55.5 Å². The Bertz CT molecular complexity index is 1430. The van der Waals surface area contributed by atoms with E-state index in [0.29, 0.717) is 0 Å². The Morgan fingerprint density at radius 3 is 1.76 bits per heavy atom. The minimum atomic E-state index is -4.22. The molecule has 3 aromatic carbocycles. The first kappa shape index (κ1) is 20.9. The number of hydrogen-bond acceptors (Lipinski definition) is 4. The van der Waals surface area contributed by atoms with Gasteiger partial charge in [0.1, 0.15) is 0 Å². The number of nitrogens with zero attached hydrogens (tertiary/aromatic N) is 2. The molecule has 7 heteroatoms. The van der Waals surface area contributed by atoms with Gasteiger partial charge in [-0.15, -0.1) is 0 Å². The number of carbonyl (C=O) groups is 2. The van der Waals surface area contributed by atoms with E-state index in [2.05, 4.69) is 6.58 Å². The number of amides is 3. The predicted octanol–water partition coefficient (Wildman–Crippen LogP) is 4.16. The summed E-state index contributed by atoms with van der Waals surface area (Å²) < 4.78 is 28.8. The van der Waals surface area contributed by atoms with E-state index in [9.17, 15) is 18.0 Å². The largest absolute Gasteiger partial charge is 0.341 e. The maximum absolute atomic E-state index is 13.9. The third-order valence-corrected chi connectivity index (χ3v) is 9.10. The number of sulfonamides is 1. The van der Waals surface area contributed by atoms with Gasteiger partial charge < -0.3 is 0 Å². The van der Waals surface area contributed by atoms with Gasteiger partial charge in [-0.3, -0.25) is 9.69 Å². The molecule has 0 unspecified atom stereocenters. The van der Waals surface area contributed by atoms with Crippen LogP contribution in [0.15, 0.2) is 90.3 Å². The topological polar surface area (TPSA) is 74.8 Å². The molecular formula is C27H22N2O4S. The van der Waals surface area contributed by atoms with Crippen molar-refractivity contribution >= 4 is 22.0 Å². The molecule has 34 heavy (non-hydrogen) atoms. The van der Waals surface area contributed by atoms with Crippen LogP contribution in [-0.2, 0) is 14.8 Å². The van der Waals surface area contributed by atoms with Gasteiger partial charge >= 0.3 is 6.03 Å². The number of aryl methyl sites for hydroxylation is 1. The summed E-state index contributed by atoms with van der Waals surface area (Å²) in [5.74, 6) is -1.30. The Morgan fingerprint density at radius 1 is 0.824 bits per heavy atom. The monoisotopic (exact) mass is 470 g/mol. The molecule has 1 saturated heterocycles. The molecule has 3 amide bonds. The molecular weight excluding hydrogens is 448 g/mol. The van der Waals surface area contributed by atoms with Crippen LogP contribution in [0.3, 0.4) is 0 Å². The summed E-state index contributed by atoms with van der Waals surface area (Å²) in [6, 6.07) is 19.9. The fourth-order valence-electron chi connectivity index (χ4n) is 5.98. The second kappa shape index (κ2) is 7.14. The summed E-state index contributed by atoms with van der Waals surface area (Å²) in [6.45, 7) is 5.44. The summed E-state index contributed by atoms with van der Waals surface area (Å²) in [4.78, 5) is 27.9. The summed E-state index contributed by atoms with van der Waals surface area (Å²) in [5.41, 5.74) is 4.95. The van der Waals surface area contributed by atoms with Crippen molar-refractivity contribution in [2.24, 2.45) is 0 Å². The van der Waals surface area contributed by atoms with Gasteiger partial charge in [0.15, 0.2) is 0 Å². The molecule has 1 heterocycles. The zero-order chi connectivity index (χ0) is 23.8. The van der Waals surface area contributed by atoms with E-state index in [1.165, 1.54) is 12.1 Å². The summed E-state index contributed by atoms with van der Waals surface area (Å²) in [6.07, 6.45) is 1.08. The number of imide groups is 1. The van der Waals surface area contributed by atoms with Crippen molar-refractivity contribution in [2.45, 2.75) is 35.7 Å². The van der Waals surface area contributed by atoms with Gasteiger partial charge in [0.05, 0.1) is 17.0 Å². The first-order chi connectivity index (χ1) is 16.4. The van der Waals surface area contributed by atoms with E-state index in [0.717, 1.165) is 43.1 Å². The number of urea groups is 1. The normalized spacial score (nSPS) is 24.4. The van der Waals surface area contributed by atoms with Crippen molar-refractivity contribution in [3.8, 4) is 0 Å². The fraction of sp³-hybridized carbons (Fsp3) is 0.185. The molecule has 0 aromatic heterocycles. The average Bonchev–Trinajstić information content (AvgIpc) is 3.17. The Labute approximate surface area is 198 Å². The summed E-state index contributed by atoms with van der Waals surface area (Å²) >= 11 is 0. The molecule has 2 atom stereocenters. The van der Waals surface area contributed by atoms with Crippen molar-refractivity contribution in [1.29, 1.82) is 0 Å². The average molecular weight is 471 g/mol. The maximum atomic E-state index is 13.9. The smallest absolute Gasteiger partial charge is 0.269 e. The van der Waals surface area contributed by atoms with Crippen LogP contribution in [0.5, 0.6) is 0 Å². The minimum absolute atomic E-state index is 0.0288. The highest BCUT2D eigenvalue weighted by Crippen LogP contribution is 2.58. The fourth-order valence-corrected chi connectivity index (χ4v) is 7.55. The Morgan fingerprint density at radius 2 is 1.29 bits per heavy atom. The molecule has 2 bridgehead atoms. The van der Waals surface area contributed by atoms with Crippen LogP contribution in [0.25, 0.3) is 0 Å². The first-order valence-corrected chi connectivity index (χ1v) is 12.6. The van der Waals surface area contributed by atoms with Crippen LogP contribution in [0.4, 0.5) is 4.79 Å². The molecule has 3 aliphatic carbocycles. The Hall–Kier alpha value is -3.71. The van der Waals surface area contributed by atoms with E-state index in [1.54, 1.807) is 12.1 Å². The van der Waals surface area contributed by atoms with Crippen LogP contribution in [0, 0.1) is 6.92 Å². The molecule has 6 nitrogen and oxygen atoms in total. The van der Waals surface area contributed by atoms with Gasteiger partial charge in [-0.1, -0.05) is 72.8 Å². The molecule has 3 aromatic rings. The quantitative estimate of drug-likeness (QED) is 0.539. The minimum Gasteiger partial charge on any atom is -0.269 e. The second-order valence-electron chi connectivity index (χ2n) is 9.00. The predicted molar refractivity (Wildman–Crippen MR) is 127 cm³/mol. The molecule has 7 rings (SSSR count). The van der Waals surface area contributed by atoms with Gasteiger partial charge in [-0.05, 0) is 47.4 Å². The molecule has 0 radical (unpaired) electrons. The maximum Gasteiger partial charge on any atom is 0.341 e. The Balaban J connectivity index is 1.63. The molecule has 0 spiro atoms. The molecule has 4 aliphatic rings. The summed E-state index contributed by atoms with van der Waals surface area (Å²) in [5, 5.41) is 0. The first-order valence-electron chi connectivity index (χ1n) is 11.1. The third-order valence-electron chi connectivity index (χ3n) is 7.32. The van der Waals surface area contributed by atoms with Crippen LogP contribution in [-0.4, -0.2) is 41.6 Å². The molecule has 1 aliphatic heterocycles. The standard InChI is InChI=1S/C27H22N2O4S/c1-3-22(30)28-25-23-18-8-4-6-10-20(18)24(21-11-7-5-9-19(21)23)26(25)29(27(28)31)34(32,33)17-14-12-16(2)13-15-17/h3-15,23-26H,1H2,2H3/t23?,24?,25-,26+/m1/s1. The van der Waals surface area contributed by atoms with Gasteiger partial charge in [-0.25, -0.2) is 17.5 Å². The van der Waals surface area contributed by atoms with Crippen LogP contribution >= 0.6 is 0 Å². The number of hydrogen-bond donors (Lipinski definition) is 0. The zero-order valence-corrected chi connectivity index (χ0v) is 19.3. The highest BCUT2D eigenvalue weighted by atomic mass is 32.2. The molecule has 0 saturated carbocycles. The van der Waals surface area contributed by atoms with Crippen molar-refractivity contribution in [1.82, 2.24) is 9.21 Å². The molecule has 1 fully saturated rings. The Kier molecular flexibility index (Phi) is 4.38.